The van der Waals surface area contributed by atoms with Crippen LogP contribution < -0.4 is 10.6 Å². The average molecular weight is 284 g/mol. The summed E-state index contributed by atoms with van der Waals surface area (Å²) in [4.78, 5) is 15.4. The first-order valence-electron chi connectivity index (χ1n) is 6.58. The van der Waals surface area contributed by atoms with E-state index in [1.807, 2.05) is 54.6 Å². The number of nitrogens with zero attached hydrogens (tertiary/aromatic N) is 1. The summed E-state index contributed by atoms with van der Waals surface area (Å²) in [6.07, 6.45) is 0. The standard InChI is InChI=1S/C16H16N2OS/c17-13-11-20-15-9-5-4-8-14(15)18(16(13)19)10-12-6-2-1-3-7-12/h1-9,13H,10-11,17H2/t13-/m0/s1. The summed E-state index contributed by atoms with van der Waals surface area (Å²) in [5, 5.41) is 0. The van der Waals surface area contributed by atoms with Gasteiger partial charge >= 0.3 is 0 Å². The molecule has 0 fully saturated rings. The third-order valence-corrected chi connectivity index (χ3v) is 4.52. The minimum Gasteiger partial charge on any atom is -0.319 e. The summed E-state index contributed by atoms with van der Waals surface area (Å²) in [5.74, 6) is 0.618. The number of thioether (sulfide) groups is 1. The van der Waals surface area contributed by atoms with Gasteiger partial charge in [0.25, 0.3) is 0 Å². The van der Waals surface area contributed by atoms with Crippen molar-refractivity contribution in [3.8, 4) is 0 Å². The van der Waals surface area contributed by atoms with Crippen LogP contribution in [0.4, 0.5) is 5.69 Å². The number of anilines is 1. The van der Waals surface area contributed by atoms with Gasteiger partial charge in [-0.15, -0.1) is 11.8 Å². The maximum Gasteiger partial charge on any atom is 0.245 e. The maximum atomic E-state index is 12.5. The summed E-state index contributed by atoms with van der Waals surface area (Å²) >= 11 is 1.65. The molecule has 0 spiro atoms. The second-order valence-electron chi connectivity index (χ2n) is 4.80. The Hall–Kier alpha value is -1.78. The molecule has 1 heterocycles. The van der Waals surface area contributed by atoms with E-state index in [2.05, 4.69) is 0 Å². The van der Waals surface area contributed by atoms with Gasteiger partial charge in [0.05, 0.1) is 18.3 Å². The van der Waals surface area contributed by atoms with Gasteiger partial charge in [-0.3, -0.25) is 4.79 Å². The molecule has 0 saturated heterocycles. The molecule has 3 nitrogen and oxygen atoms in total. The van der Waals surface area contributed by atoms with Crippen molar-refractivity contribution in [2.24, 2.45) is 5.73 Å². The highest BCUT2D eigenvalue weighted by Gasteiger charge is 2.28. The van der Waals surface area contributed by atoms with Gasteiger partial charge in [0.2, 0.25) is 5.91 Å². The summed E-state index contributed by atoms with van der Waals surface area (Å²) in [6, 6.07) is 17.5. The first kappa shape index (κ1) is 13.2. The van der Waals surface area contributed by atoms with E-state index in [1.54, 1.807) is 16.7 Å². The molecular formula is C16H16N2OS. The Morgan fingerprint density at radius 3 is 2.60 bits per heavy atom. The molecule has 1 amide bonds. The van der Waals surface area contributed by atoms with Gasteiger partial charge in [-0.1, -0.05) is 42.5 Å². The predicted octanol–water partition coefficient (Wildman–Crippen LogP) is 2.65. The highest BCUT2D eigenvalue weighted by Crippen LogP contribution is 2.34. The molecule has 0 unspecified atom stereocenters. The largest absolute Gasteiger partial charge is 0.319 e. The Balaban J connectivity index is 1.99. The van der Waals surface area contributed by atoms with Crippen LogP contribution >= 0.6 is 11.8 Å². The number of para-hydroxylation sites is 1. The van der Waals surface area contributed by atoms with Crippen molar-refractivity contribution in [3.05, 3.63) is 60.2 Å². The van der Waals surface area contributed by atoms with Crippen LogP contribution in [0.3, 0.4) is 0 Å². The van der Waals surface area contributed by atoms with Crippen LogP contribution in [-0.2, 0) is 11.3 Å². The van der Waals surface area contributed by atoms with E-state index in [-0.39, 0.29) is 5.91 Å². The van der Waals surface area contributed by atoms with Crippen LogP contribution in [0.1, 0.15) is 5.56 Å². The zero-order valence-electron chi connectivity index (χ0n) is 11.0. The van der Waals surface area contributed by atoms with E-state index in [0.717, 1.165) is 16.1 Å². The number of fused-ring (bicyclic) bond motifs is 1. The van der Waals surface area contributed by atoms with Gasteiger partial charge in [0.15, 0.2) is 0 Å². The summed E-state index contributed by atoms with van der Waals surface area (Å²) in [5.41, 5.74) is 8.05. The van der Waals surface area contributed by atoms with Gasteiger partial charge in [-0.05, 0) is 17.7 Å². The molecule has 1 aliphatic rings. The third-order valence-electron chi connectivity index (χ3n) is 3.34. The lowest BCUT2D eigenvalue weighted by Crippen LogP contribution is -2.43. The van der Waals surface area contributed by atoms with Crippen LogP contribution in [0.2, 0.25) is 0 Å². The number of hydrogen-bond donors (Lipinski definition) is 1. The average Bonchev–Trinajstić information content (AvgIpc) is 2.61. The fourth-order valence-electron chi connectivity index (χ4n) is 2.30. The quantitative estimate of drug-likeness (QED) is 0.922. The molecule has 1 aliphatic heterocycles. The fourth-order valence-corrected chi connectivity index (χ4v) is 3.30. The van der Waals surface area contributed by atoms with Crippen molar-refractivity contribution in [2.45, 2.75) is 17.5 Å². The highest BCUT2D eigenvalue weighted by atomic mass is 32.2. The van der Waals surface area contributed by atoms with Crippen molar-refractivity contribution in [1.29, 1.82) is 0 Å². The van der Waals surface area contributed by atoms with E-state index in [4.69, 9.17) is 5.73 Å². The molecule has 0 radical (unpaired) electrons. The molecule has 2 aromatic rings. The van der Waals surface area contributed by atoms with E-state index >= 15 is 0 Å². The third kappa shape index (κ3) is 2.57. The molecule has 2 aromatic carbocycles. The fraction of sp³-hybridized carbons (Fsp3) is 0.188. The van der Waals surface area contributed by atoms with Gasteiger partial charge < -0.3 is 10.6 Å². The lowest BCUT2D eigenvalue weighted by atomic mass is 10.1. The molecule has 0 aliphatic carbocycles. The van der Waals surface area contributed by atoms with Crippen LogP contribution in [0.25, 0.3) is 0 Å². The Kier molecular flexibility index (Phi) is 3.76. The molecule has 102 valence electrons. The van der Waals surface area contributed by atoms with Crippen molar-refractivity contribution in [3.63, 3.8) is 0 Å². The molecule has 3 rings (SSSR count). The number of carbonyl (C=O) groups excluding carboxylic acids is 1. The topological polar surface area (TPSA) is 46.3 Å². The van der Waals surface area contributed by atoms with Gasteiger partial charge in [0.1, 0.15) is 0 Å². The number of hydrogen-bond acceptors (Lipinski definition) is 3. The zero-order valence-corrected chi connectivity index (χ0v) is 11.8. The molecule has 0 bridgehead atoms. The van der Waals surface area contributed by atoms with Gasteiger partial charge in [-0.2, -0.15) is 0 Å². The Morgan fingerprint density at radius 1 is 1.10 bits per heavy atom. The summed E-state index contributed by atoms with van der Waals surface area (Å²) in [7, 11) is 0. The molecule has 1 atom stereocenters. The minimum atomic E-state index is -0.448. The van der Waals surface area contributed by atoms with E-state index in [1.165, 1.54) is 0 Å². The Labute approximate surface area is 122 Å². The Bertz CT molecular complexity index is 615. The monoisotopic (exact) mass is 284 g/mol. The zero-order chi connectivity index (χ0) is 13.9. The minimum absolute atomic E-state index is 0.00805. The molecule has 0 aromatic heterocycles. The lowest BCUT2D eigenvalue weighted by molar-refractivity contribution is -0.119. The second-order valence-corrected chi connectivity index (χ2v) is 5.86. The van der Waals surface area contributed by atoms with Crippen molar-refractivity contribution < 1.29 is 4.79 Å². The summed E-state index contributed by atoms with van der Waals surface area (Å²) < 4.78 is 0. The number of nitrogens with two attached hydrogens (primary N) is 1. The number of amides is 1. The maximum absolute atomic E-state index is 12.5. The number of carbonyl (C=O) groups is 1. The first-order chi connectivity index (χ1) is 9.75. The second kappa shape index (κ2) is 5.69. The first-order valence-corrected chi connectivity index (χ1v) is 7.57. The van der Waals surface area contributed by atoms with E-state index < -0.39 is 6.04 Å². The molecule has 2 N–H and O–H groups in total. The van der Waals surface area contributed by atoms with Crippen LogP contribution in [0.5, 0.6) is 0 Å². The predicted molar refractivity (Wildman–Crippen MR) is 82.8 cm³/mol. The van der Waals surface area contributed by atoms with Crippen LogP contribution in [-0.4, -0.2) is 17.7 Å². The molecular weight excluding hydrogens is 268 g/mol. The molecule has 4 heteroatoms. The molecule has 20 heavy (non-hydrogen) atoms. The van der Waals surface area contributed by atoms with Gasteiger partial charge in [0, 0.05) is 10.6 Å². The van der Waals surface area contributed by atoms with Crippen molar-refractivity contribution in [2.75, 3.05) is 10.7 Å². The lowest BCUT2D eigenvalue weighted by Gasteiger charge is -2.24. The van der Waals surface area contributed by atoms with Crippen molar-refractivity contribution in [1.82, 2.24) is 0 Å². The Morgan fingerprint density at radius 2 is 1.80 bits per heavy atom. The van der Waals surface area contributed by atoms with E-state index in [0.29, 0.717) is 12.3 Å². The number of benzene rings is 2. The molecule has 0 saturated carbocycles. The highest BCUT2D eigenvalue weighted by molar-refractivity contribution is 7.99. The SMILES string of the molecule is N[C@H]1CSc2ccccc2N(Cc2ccccc2)C1=O. The van der Waals surface area contributed by atoms with E-state index in [9.17, 15) is 4.79 Å². The number of rotatable bonds is 2. The summed E-state index contributed by atoms with van der Waals surface area (Å²) in [6.45, 7) is 0.560. The van der Waals surface area contributed by atoms with Crippen LogP contribution in [0, 0.1) is 0 Å². The smallest absolute Gasteiger partial charge is 0.245 e. The van der Waals surface area contributed by atoms with Crippen molar-refractivity contribution >= 4 is 23.4 Å². The van der Waals surface area contributed by atoms with Gasteiger partial charge in [-0.25, -0.2) is 0 Å². The normalized spacial score (nSPS) is 18.6. The van der Waals surface area contributed by atoms with Crippen LogP contribution in [0.15, 0.2) is 59.5 Å².